The Morgan fingerprint density at radius 3 is 1.72 bits per heavy atom. The maximum atomic E-state index is 11.4. The fourth-order valence-electron chi connectivity index (χ4n) is 1.90. The van der Waals surface area contributed by atoms with Crippen LogP contribution in [-0.4, -0.2) is 23.1 Å². The highest BCUT2D eigenvalue weighted by Gasteiger charge is 2.36. The highest BCUT2D eigenvalue weighted by molar-refractivity contribution is 5.70. The first-order chi connectivity index (χ1) is 8.18. The Morgan fingerprint density at radius 2 is 1.33 bits per heavy atom. The van der Waals surface area contributed by atoms with Crippen LogP contribution in [0, 0.1) is 0 Å². The Balaban J connectivity index is 4.67. The summed E-state index contributed by atoms with van der Waals surface area (Å²) in [5.41, 5.74) is -1.23. The van der Waals surface area contributed by atoms with E-state index in [9.17, 15) is 9.59 Å². The highest BCUT2D eigenvalue weighted by atomic mass is 16.6. The van der Waals surface area contributed by atoms with E-state index in [1.807, 2.05) is 27.7 Å². The second-order valence-corrected chi connectivity index (χ2v) is 5.40. The van der Waals surface area contributed by atoms with Gasteiger partial charge in [0.25, 0.3) is 0 Å². The quantitative estimate of drug-likeness (QED) is 0.658. The van der Waals surface area contributed by atoms with Gasteiger partial charge in [0.15, 0.2) is 0 Å². The molecule has 0 aromatic heterocycles. The van der Waals surface area contributed by atoms with Gasteiger partial charge in [-0.3, -0.25) is 9.59 Å². The molecular weight excluding hydrogens is 232 g/mol. The van der Waals surface area contributed by atoms with Crippen LogP contribution in [0.15, 0.2) is 0 Å². The van der Waals surface area contributed by atoms with E-state index >= 15 is 0 Å². The second-order valence-electron chi connectivity index (χ2n) is 5.40. The standard InChI is InChI=1S/C14H26O4/c1-7-11(15)17-13(4,5)10-14(6,9-3)18-12(16)8-2/h7-10H2,1-6H3. The van der Waals surface area contributed by atoms with E-state index in [0.29, 0.717) is 25.7 Å². The van der Waals surface area contributed by atoms with E-state index in [0.717, 1.165) is 0 Å². The molecule has 0 aromatic carbocycles. The Labute approximate surface area is 110 Å². The van der Waals surface area contributed by atoms with Crippen molar-refractivity contribution in [2.45, 2.75) is 78.4 Å². The Kier molecular flexibility index (Phi) is 6.36. The number of rotatable bonds is 7. The van der Waals surface area contributed by atoms with Gasteiger partial charge in [0.2, 0.25) is 0 Å². The molecule has 0 amide bonds. The van der Waals surface area contributed by atoms with Gasteiger partial charge in [0.1, 0.15) is 11.2 Å². The Morgan fingerprint density at radius 1 is 0.889 bits per heavy atom. The van der Waals surface area contributed by atoms with Gasteiger partial charge in [-0.05, 0) is 27.2 Å². The number of esters is 2. The summed E-state index contributed by atoms with van der Waals surface area (Å²) in [6.45, 7) is 11.0. The lowest BCUT2D eigenvalue weighted by molar-refractivity contribution is -0.172. The maximum Gasteiger partial charge on any atom is 0.306 e. The van der Waals surface area contributed by atoms with Crippen molar-refractivity contribution < 1.29 is 19.1 Å². The van der Waals surface area contributed by atoms with Crippen molar-refractivity contribution in [1.29, 1.82) is 0 Å². The van der Waals surface area contributed by atoms with E-state index < -0.39 is 11.2 Å². The first-order valence-corrected chi connectivity index (χ1v) is 6.61. The largest absolute Gasteiger partial charge is 0.459 e. The van der Waals surface area contributed by atoms with Gasteiger partial charge in [0.05, 0.1) is 0 Å². The zero-order valence-electron chi connectivity index (χ0n) is 12.5. The molecule has 0 N–H and O–H groups in total. The number of hydrogen-bond donors (Lipinski definition) is 0. The third kappa shape index (κ3) is 6.03. The van der Waals surface area contributed by atoms with Crippen molar-refractivity contribution in [3.63, 3.8) is 0 Å². The van der Waals surface area contributed by atoms with Crippen molar-refractivity contribution >= 4 is 11.9 Å². The maximum absolute atomic E-state index is 11.4. The number of ether oxygens (including phenoxy) is 2. The molecule has 1 atom stereocenters. The number of carbonyl (C=O) groups excluding carboxylic acids is 2. The molecule has 0 aliphatic rings. The third-order valence-electron chi connectivity index (χ3n) is 2.88. The van der Waals surface area contributed by atoms with Gasteiger partial charge in [0, 0.05) is 19.3 Å². The van der Waals surface area contributed by atoms with E-state index in [1.165, 1.54) is 0 Å². The predicted octanol–water partition coefficient (Wildman–Crippen LogP) is 3.23. The minimum absolute atomic E-state index is 0.225. The lowest BCUT2D eigenvalue weighted by Gasteiger charge is -2.36. The zero-order valence-corrected chi connectivity index (χ0v) is 12.5. The average molecular weight is 258 g/mol. The minimum Gasteiger partial charge on any atom is -0.459 e. The van der Waals surface area contributed by atoms with Crippen molar-refractivity contribution in [1.82, 2.24) is 0 Å². The summed E-state index contributed by atoms with van der Waals surface area (Å²) in [6, 6.07) is 0. The first-order valence-electron chi connectivity index (χ1n) is 6.61. The van der Waals surface area contributed by atoms with Gasteiger partial charge in [-0.1, -0.05) is 20.8 Å². The van der Waals surface area contributed by atoms with Crippen molar-refractivity contribution in [3.05, 3.63) is 0 Å². The third-order valence-corrected chi connectivity index (χ3v) is 2.88. The molecule has 0 aliphatic heterocycles. The average Bonchev–Trinajstić information content (AvgIpc) is 2.27. The normalized spacial score (nSPS) is 14.8. The van der Waals surface area contributed by atoms with Crippen LogP contribution < -0.4 is 0 Å². The van der Waals surface area contributed by atoms with Gasteiger partial charge in [-0.15, -0.1) is 0 Å². The monoisotopic (exact) mass is 258 g/mol. The lowest BCUT2D eigenvalue weighted by Crippen LogP contribution is -2.41. The molecule has 106 valence electrons. The van der Waals surface area contributed by atoms with Crippen LogP contribution in [0.4, 0.5) is 0 Å². The van der Waals surface area contributed by atoms with Crippen LogP contribution in [0.1, 0.15) is 67.2 Å². The molecule has 0 saturated carbocycles. The summed E-state index contributed by atoms with van der Waals surface area (Å²) >= 11 is 0. The summed E-state index contributed by atoms with van der Waals surface area (Å²) in [4.78, 5) is 22.8. The minimum atomic E-state index is -0.633. The lowest BCUT2D eigenvalue weighted by atomic mass is 9.88. The van der Waals surface area contributed by atoms with Crippen molar-refractivity contribution in [2.75, 3.05) is 0 Å². The molecule has 0 heterocycles. The van der Waals surface area contributed by atoms with Crippen molar-refractivity contribution in [3.8, 4) is 0 Å². The van der Waals surface area contributed by atoms with E-state index in [4.69, 9.17) is 9.47 Å². The number of hydrogen-bond acceptors (Lipinski definition) is 4. The molecule has 0 fully saturated rings. The predicted molar refractivity (Wildman–Crippen MR) is 70.2 cm³/mol. The summed E-state index contributed by atoms with van der Waals surface area (Å²) in [5.74, 6) is -0.461. The molecule has 0 aliphatic carbocycles. The van der Waals surface area contributed by atoms with E-state index in [2.05, 4.69) is 0 Å². The Bertz CT molecular complexity index is 296. The van der Waals surface area contributed by atoms with Crippen molar-refractivity contribution in [2.24, 2.45) is 0 Å². The summed E-state index contributed by atoms with van der Waals surface area (Å²) in [6.07, 6.45) is 1.88. The van der Waals surface area contributed by atoms with Gasteiger partial charge >= 0.3 is 11.9 Å². The van der Waals surface area contributed by atoms with Crippen LogP contribution in [0.5, 0.6) is 0 Å². The van der Waals surface area contributed by atoms with Gasteiger partial charge in [-0.2, -0.15) is 0 Å². The molecule has 18 heavy (non-hydrogen) atoms. The molecule has 0 saturated heterocycles. The molecule has 0 radical (unpaired) electrons. The second kappa shape index (κ2) is 6.76. The molecule has 0 aromatic rings. The highest BCUT2D eigenvalue weighted by Crippen LogP contribution is 2.30. The smallest absolute Gasteiger partial charge is 0.306 e. The molecule has 0 spiro atoms. The summed E-state index contributed by atoms with van der Waals surface area (Å²) in [7, 11) is 0. The summed E-state index contributed by atoms with van der Waals surface area (Å²) in [5, 5.41) is 0. The molecule has 4 heteroatoms. The van der Waals surface area contributed by atoms with E-state index in [1.54, 1.807) is 13.8 Å². The molecule has 0 bridgehead atoms. The first kappa shape index (κ1) is 16.9. The van der Waals surface area contributed by atoms with Crippen LogP contribution in [-0.2, 0) is 19.1 Å². The zero-order chi connectivity index (χ0) is 14.4. The van der Waals surface area contributed by atoms with Gasteiger partial charge < -0.3 is 9.47 Å². The Hall–Kier alpha value is -1.06. The molecule has 4 nitrogen and oxygen atoms in total. The van der Waals surface area contributed by atoms with Crippen LogP contribution in [0.2, 0.25) is 0 Å². The van der Waals surface area contributed by atoms with Crippen LogP contribution in [0.25, 0.3) is 0 Å². The topological polar surface area (TPSA) is 52.6 Å². The fraction of sp³-hybridized carbons (Fsp3) is 0.857. The molecule has 0 rings (SSSR count). The number of carbonyl (C=O) groups is 2. The van der Waals surface area contributed by atoms with Crippen LogP contribution in [0.3, 0.4) is 0 Å². The summed E-state index contributed by atoms with van der Waals surface area (Å²) < 4.78 is 10.8. The SMILES string of the molecule is CCC(=O)OC(C)(C)CC(C)(CC)OC(=O)CC. The molecule has 1 unspecified atom stereocenters. The van der Waals surface area contributed by atoms with E-state index in [-0.39, 0.29) is 11.9 Å². The molecular formula is C14H26O4. The fourth-order valence-corrected chi connectivity index (χ4v) is 1.90. The van der Waals surface area contributed by atoms with Crippen LogP contribution >= 0.6 is 0 Å². The van der Waals surface area contributed by atoms with Gasteiger partial charge in [-0.25, -0.2) is 0 Å².